The number of carbonyl (C=O) groups is 3. The highest BCUT2D eigenvalue weighted by molar-refractivity contribution is 5.85. The molecule has 2 aliphatic carbocycles. The molecule has 3 rings (SSSR count). The Morgan fingerprint density at radius 2 is 1.95 bits per heavy atom. The van der Waals surface area contributed by atoms with Crippen LogP contribution in [0.3, 0.4) is 0 Å². The van der Waals surface area contributed by atoms with E-state index in [0.29, 0.717) is 25.9 Å². The highest BCUT2D eigenvalue weighted by Gasteiger charge is 2.51. The maximum atomic E-state index is 12.3. The summed E-state index contributed by atoms with van der Waals surface area (Å²) in [6, 6.07) is 0. The van der Waals surface area contributed by atoms with Crippen LogP contribution in [-0.2, 0) is 14.4 Å². The van der Waals surface area contributed by atoms with Gasteiger partial charge in [-0.15, -0.1) is 0 Å². The third kappa shape index (κ3) is 2.83. The van der Waals surface area contributed by atoms with E-state index in [0.717, 1.165) is 32.2 Å². The van der Waals surface area contributed by atoms with Crippen molar-refractivity contribution in [3.63, 3.8) is 0 Å². The Morgan fingerprint density at radius 3 is 2.59 bits per heavy atom. The van der Waals surface area contributed by atoms with Gasteiger partial charge in [0.15, 0.2) is 0 Å². The third-order valence-electron chi connectivity index (χ3n) is 5.57. The average Bonchev–Trinajstić information content (AvgIpc) is 3.18. The molecule has 2 amide bonds. The average molecular weight is 307 g/mol. The van der Waals surface area contributed by atoms with Gasteiger partial charge in [0, 0.05) is 43.9 Å². The quantitative estimate of drug-likeness (QED) is 0.672. The molecule has 122 valence electrons. The number of likely N-dealkylation sites (tertiary alicyclic amines) is 1. The number of rotatable bonds is 6. The molecule has 1 N–H and O–H groups in total. The molecule has 3 aliphatic rings. The van der Waals surface area contributed by atoms with Crippen molar-refractivity contribution in [3.05, 3.63) is 0 Å². The Bertz CT molecular complexity index is 479. The van der Waals surface area contributed by atoms with E-state index in [1.54, 1.807) is 0 Å². The van der Waals surface area contributed by atoms with Crippen LogP contribution in [0.25, 0.3) is 0 Å². The number of nitrogens with one attached hydrogen (secondary N) is 1. The lowest BCUT2D eigenvalue weighted by Crippen LogP contribution is -2.46. The lowest BCUT2D eigenvalue weighted by molar-refractivity contribution is -0.314. The van der Waals surface area contributed by atoms with Gasteiger partial charge in [-0.25, -0.2) is 0 Å². The molecule has 0 aromatic heterocycles. The number of carbonyl (C=O) groups excluding carboxylic acids is 3. The Hall–Kier alpha value is -1.59. The van der Waals surface area contributed by atoms with Crippen molar-refractivity contribution in [2.75, 3.05) is 19.6 Å². The monoisotopic (exact) mass is 307 g/mol. The summed E-state index contributed by atoms with van der Waals surface area (Å²) in [7, 11) is 0. The lowest BCUT2D eigenvalue weighted by atomic mass is 9.78. The van der Waals surface area contributed by atoms with Crippen LogP contribution in [0.5, 0.6) is 0 Å². The molecule has 0 aromatic rings. The van der Waals surface area contributed by atoms with Crippen LogP contribution in [0.15, 0.2) is 0 Å². The summed E-state index contributed by atoms with van der Waals surface area (Å²) in [5.74, 6) is -1.74. The first-order chi connectivity index (χ1) is 10.6. The van der Waals surface area contributed by atoms with Crippen LogP contribution >= 0.6 is 0 Å². The predicted octanol–water partition coefficient (Wildman–Crippen LogP) is -0.473. The first-order valence-corrected chi connectivity index (χ1v) is 8.34. The van der Waals surface area contributed by atoms with E-state index < -0.39 is 17.8 Å². The second kappa shape index (κ2) is 6.26. The summed E-state index contributed by atoms with van der Waals surface area (Å²) in [6.07, 6.45) is 4.97. The van der Waals surface area contributed by atoms with Gasteiger partial charge in [-0.05, 0) is 43.9 Å². The number of carboxylic acids is 1. The zero-order valence-corrected chi connectivity index (χ0v) is 12.8. The Labute approximate surface area is 130 Å². The van der Waals surface area contributed by atoms with E-state index in [1.807, 2.05) is 4.90 Å². The number of nitrogens with zero attached hydrogens (tertiary/aromatic N) is 1. The topological polar surface area (TPSA) is 89.5 Å². The van der Waals surface area contributed by atoms with E-state index in [1.165, 1.54) is 0 Å². The second-order valence-corrected chi connectivity index (χ2v) is 6.83. The number of hydrogen-bond acceptors (Lipinski definition) is 4. The third-order valence-corrected chi connectivity index (χ3v) is 5.57. The number of fused-ring (bicyclic) bond motifs is 2. The van der Waals surface area contributed by atoms with E-state index in [9.17, 15) is 19.5 Å². The Balaban J connectivity index is 1.45. The van der Waals surface area contributed by atoms with E-state index >= 15 is 0 Å². The van der Waals surface area contributed by atoms with Crippen LogP contribution in [0.4, 0.5) is 0 Å². The van der Waals surface area contributed by atoms with Gasteiger partial charge in [-0.1, -0.05) is 0 Å². The van der Waals surface area contributed by atoms with Crippen molar-refractivity contribution >= 4 is 17.8 Å². The first kappa shape index (κ1) is 15.3. The van der Waals surface area contributed by atoms with E-state index in [4.69, 9.17) is 0 Å². The van der Waals surface area contributed by atoms with Crippen LogP contribution < -0.4 is 10.4 Å². The maximum absolute atomic E-state index is 12.3. The highest BCUT2D eigenvalue weighted by atomic mass is 16.4. The highest BCUT2D eigenvalue weighted by Crippen LogP contribution is 2.52. The summed E-state index contributed by atoms with van der Waals surface area (Å²) in [4.78, 5) is 36.9. The van der Waals surface area contributed by atoms with Crippen LogP contribution in [0.1, 0.15) is 38.5 Å². The Morgan fingerprint density at radius 1 is 1.23 bits per heavy atom. The van der Waals surface area contributed by atoms with Gasteiger partial charge >= 0.3 is 0 Å². The minimum atomic E-state index is -1.07. The predicted molar refractivity (Wildman–Crippen MR) is 76.3 cm³/mol. The van der Waals surface area contributed by atoms with Crippen molar-refractivity contribution in [1.82, 2.24) is 10.2 Å². The molecule has 0 aromatic carbocycles. The minimum absolute atomic E-state index is 0.118. The summed E-state index contributed by atoms with van der Waals surface area (Å²) in [5, 5.41) is 14.2. The maximum Gasteiger partial charge on any atom is 0.224 e. The first-order valence-electron chi connectivity index (χ1n) is 8.34. The summed E-state index contributed by atoms with van der Waals surface area (Å²) in [5.41, 5.74) is 0. The van der Waals surface area contributed by atoms with Gasteiger partial charge in [-0.3, -0.25) is 9.59 Å². The standard InChI is InChI=1S/C16H24N2O4/c19-12-3-1-7-18(12)8-2-6-17-15(20)13-10-4-5-11(9-10)14(13)16(21)22/h10-11,13-14H,1-9H2,(H,17,20)(H,21,22)/p-1/t10-,11+,13-,14+/m1/s1. The van der Waals surface area contributed by atoms with Crippen LogP contribution in [-0.4, -0.2) is 42.3 Å². The molecule has 1 heterocycles. The number of aliphatic carboxylic acids is 1. The summed E-state index contributed by atoms with van der Waals surface area (Å²) < 4.78 is 0. The second-order valence-electron chi connectivity index (χ2n) is 6.83. The summed E-state index contributed by atoms with van der Waals surface area (Å²) in [6.45, 7) is 1.97. The minimum Gasteiger partial charge on any atom is -0.550 e. The molecule has 3 fully saturated rings. The van der Waals surface area contributed by atoms with Crippen molar-refractivity contribution < 1.29 is 19.5 Å². The molecule has 6 nitrogen and oxygen atoms in total. The number of amides is 2. The molecule has 6 heteroatoms. The summed E-state index contributed by atoms with van der Waals surface area (Å²) >= 11 is 0. The van der Waals surface area contributed by atoms with Crippen LogP contribution in [0.2, 0.25) is 0 Å². The van der Waals surface area contributed by atoms with Gasteiger partial charge in [0.1, 0.15) is 0 Å². The van der Waals surface area contributed by atoms with Crippen molar-refractivity contribution in [3.8, 4) is 0 Å². The molecule has 1 saturated heterocycles. The number of hydrogen-bond donors (Lipinski definition) is 1. The van der Waals surface area contributed by atoms with Gasteiger partial charge < -0.3 is 20.1 Å². The van der Waals surface area contributed by atoms with Gasteiger partial charge in [0.05, 0.1) is 0 Å². The van der Waals surface area contributed by atoms with Crippen molar-refractivity contribution in [2.24, 2.45) is 23.7 Å². The van der Waals surface area contributed by atoms with Gasteiger partial charge in [0.2, 0.25) is 11.8 Å². The molecule has 2 bridgehead atoms. The zero-order valence-electron chi connectivity index (χ0n) is 12.8. The molecule has 1 aliphatic heterocycles. The van der Waals surface area contributed by atoms with Crippen molar-refractivity contribution in [2.45, 2.75) is 38.5 Å². The van der Waals surface area contributed by atoms with E-state index in [-0.39, 0.29) is 23.7 Å². The fourth-order valence-corrected chi connectivity index (χ4v) is 4.55. The molecular formula is C16H23N2O4-. The normalized spacial score (nSPS) is 33.5. The SMILES string of the molecule is O=C(NCCCN1CCCC1=O)[C@@H]1[C@@H]2CC[C@@H](C2)[C@@H]1C(=O)[O-]. The molecule has 22 heavy (non-hydrogen) atoms. The molecule has 4 atom stereocenters. The smallest absolute Gasteiger partial charge is 0.224 e. The van der Waals surface area contributed by atoms with Gasteiger partial charge in [-0.2, -0.15) is 0 Å². The molecule has 0 radical (unpaired) electrons. The van der Waals surface area contributed by atoms with E-state index in [2.05, 4.69) is 5.32 Å². The van der Waals surface area contributed by atoms with Gasteiger partial charge in [0.25, 0.3) is 0 Å². The lowest BCUT2D eigenvalue weighted by Gasteiger charge is -2.30. The molecule has 2 saturated carbocycles. The molecule has 0 unspecified atom stereocenters. The number of carboxylic acid groups (broad SMARTS) is 1. The molecular weight excluding hydrogens is 284 g/mol. The fraction of sp³-hybridized carbons (Fsp3) is 0.812. The largest absolute Gasteiger partial charge is 0.550 e. The van der Waals surface area contributed by atoms with Crippen molar-refractivity contribution in [1.29, 1.82) is 0 Å². The Kier molecular flexibility index (Phi) is 4.36. The molecule has 0 spiro atoms. The van der Waals surface area contributed by atoms with Crippen LogP contribution in [0, 0.1) is 23.7 Å². The zero-order chi connectivity index (χ0) is 15.7. The fourth-order valence-electron chi connectivity index (χ4n) is 4.55.